The van der Waals surface area contributed by atoms with Crippen molar-refractivity contribution in [2.45, 2.75) is 57.9 Å². The van der Waals surface area contributed by atoms with Crippen molar-refractivity contribution < 1.29 is 4.79 Å². The van der Waals surface area contributed by atoms with E-state index in [9.17, 15) is 4.79 Å². The van der Waals surface area contributed by atoms with E-state index in [1.165, 1.54) is 32.4 Å². The number of piperidine rings is 1. The Hall–Kier alpha value is -0.570. The van der Waals surface area contributed by atoms with Crippen molar-refractivity contribution in [2.24, 2.45) is 4.99 Å². The molecule has 0 radical (unpaired) electrons. The van der Waals surface area contributed by atoms with Gasteiger partial charge in [0, 0.05) is 45.7 Å². The average molecular weight is 465 g/mol. The number of aliphatic imine (C=N–C) groups is 1. The SMILES string of the molecule is CCC(CCNC(=NC)NCCN1CCCCC1)N1CCCC1=O.I. The molecule has 2 fully saturated rings. The molecule has 0 aromatic carbocycles. The molecule has 1 atom stereocenters. The highest BCUT2D eigenvalue weighted by atomic mass is 127. The fourth-order valence-electron chi connectivity index (χ4n) is 3.73. The van der Waals surface area contributed by atoms with Crippen LogP contribution in [0.3, 0.4) is 0 Å². The molecule has 1 unspecified atom stereocenters. The second-order valence-corrected chi connectivity index (χ2v) is 6.87. The van der Waals surface area contributed by atoms with Crippen molar-refractivity contribution >= 4 is 35.8 Å². The number of carbonyl (C=O) groups excluding carboxylic acids is 1. The van der Waals surface area contributed by atoms with Crippen molar-refractivity contribution in [3.05, 3.63) is 0 Å². The van der Waals surface area contributed by atoms with Crippen LogP contribution in [0.15, 0.2) is 4.99 Å². The van der Waals surface area contributed by atoms with E-state index in [2.05, 4.69) is 32.3 Å². The lowest BCUT2D eigenvalue weighted by Crippen LogP contribution is -2.44. The highest BCUT2D eigenvalue weighted by Gasteiger charge is 2.26. The molecule has 1 amide bonds. The molecule has 2 heterocycles. The highest BCUT2D eigenvalue weighted by Crippen LogP contribution is 2.17. The number of rotatable bonds is 8. The molecule has 2 N–H and O–H groups in total. The van der Waals surface area contributed by atoms with Crippen LogP contribution in [0.1, 0.15) is 51.9 Å². The summed E-state index contributed by atoms with van der Waals surface area (Å²) < 4.78 is 0. The van der Waals surface area contributed by atoms with Gasteiger partial charge in [-0.05, 0) is 45.2 Å². The Morgan fingerprint density at radius 2 is 1.84 bits per heavy atom. The zero-order chi connectivity index (χ0) is 17.2. The number of guanidine groups is 1. The Kier molecular flexibility index (Phi) is 11.4. The molecule has 25 heavy (non-hydrogen) atoms. The summed E-state index contributed by atoms with van der Waals surface area (Å²) in [6.45, 7) is 8.43. The largest absolute Gasteiger partial charge is 0.356 e. The molecular weight excluding hydrogens is 429 g/mol. The molecule has 2 aliphatic rings. The number of amides is 1. The standard InChI is InChI=1S/C18H35N5O.HI/c1-3-16(23-14-7-8-17(23)24)9-10-20-18(19-2)21-11-15-22-12-5-4-6-13-22;/h16H,3-15H2,1-2H3,(H2,19,20,21);1H. The lowest BCUT2D eigenvalue weighted by atomic mass is 10.1. The maximum Gasteiger partial charge on any atom is 0.222 e. The Labute approximate surface area is 170 Å². The fourth-order valence-corrected chi connectivity index (χ4v) is 3.73. The van der Waals surface area contributed by atoms with E-state index in [0.29, 0.717) is 11.9 Å². The van der Waals surface area contributed by atoms with E-state index in [0.717, 1.165) is 57.8 Å². The van der Waals surface area contributed by atoms with E-state index in [1.807, 2.05) is 7.05 Å². The van der Waals surface area contributed by atoms with Crippen LogP contribution >= 0.6 is 24.0 Å². The number of nitrogens with zero attached hydrogens (tertiary/aromatic N) is 3. The summed E-state index contributed by atoms with van der Waals surface area (Å²) in [5, 5.41) is 6.80. The van der Waals surface area contributed by atoms with Gasteiger partial charge in [0.1, 0.15) is 0 Å². The van der Waals surface area contributed by atoms with Crippen molar-refractivity contribution in [2.75, 3.05) is 46.3 Å². The van der Waals surface area contributed by atoms with Crippen LogP contribution in [0, 0.1) is 0 Å². The number of carbonyl (C=O) groups is 1. The zero-order valence-corrected chi connectivity index (χ0v) is 18.3. The predicted molar refractivity (Wildman–Crippen MR) is 115 cm³/mol. The van der Waals surface area contributed by atoms with E-state index in [4.69, 9.17) is 0 Å². The first-order valence-corrected chi connectivity index (χ1v) is 9.71. The molecular formula is C18H36IN5O. The van der Waals surface area contributed by atoms with Gasteiger partial charge in [-0.1, -0.05) is 13.3 Å². The lowest BCUT2D eigenvalue weighted by molar-refractivity contribution is -0.129. The Balaban J connectivity index is 0.00000312. The first kappa shape index (κ1) is 22.5. The first-order chi connectivity index (χ1) is 11.7. The molecule has 7 heteroatoms. The molecule has 0 aliphatic carbocycles. The Morgan fingerprint density at radius 1 is 1.12 bits per heavy atom. The Morgan fingerprint density at radius 3 is 2.44 bits per heavy atom. The van der Waals surface area contributed by atoms with Gasteiger partial charge >= 0.3 is 0 Å². The van der Waals surface area contributed by atoms with Gasteiger partial charge in [0.25, 0.3) is 0 Å². The minimum Gasteiger partial charge on any atom is -0.356 e. The third-order valence-corrected chi connectivity index (χ3v) is 5.18. The van der Waals surface area contributed by atoms with Crippen LogP contribution in [-0.2, 0) is 4.79 Å². The van der Waals surface area contributed by atoms with E-state index in [1.54, 1.807) is 0 Å². The van der Waals surface area contributed by atoms with Crippen LogP contribution in [0.4, 0.5) is 0 Å². The maximum absolute atomic E-state index is 11.9. The van der Waals surface area contributed by atoms with Gasteiger partial charge in [-0.25, -0.2) is 0 Å². The number of hydrogen-bond donors (Lipinski definition) is 2. The summed E-state index contributed by atoms with van der Waals surface area (Å²) in [6.07, 6.45) is 7.79. The van der Waals surface area contributed by atoms with Gasteiger partial charge in [0.2, 0.25) is 5.91 Å². The van der Waals surface area contributed by atoms with Crippen LogP contribution in [-0.4, -0.2) is 74.0 Å². The maximum atomic E-state index is 11.9. The van der Waals surface area contributed by atoms with Gasteiger partial charge in [-0.15, -0.1) is 24.0 Å². The Bertz CT molecular complexity index is 412. The molecule has 0 aromatic heterocycles. The van der Waals surface area contributed by atoms with Gasteiger partial charge in [0.15, 0.2) is 5.96 Å². The molecule has 0 spiro atoms. The molecule has 2 rings (SSSR count). The third kappa shape index (κ3) is 7.68. The number of nitrogens with one attached hydrogen (secondary N) is 2. The number of halogens is 1. The third-order valence-electron chi connectivity index (χ3n) is 5.18. The first-order valence-electron chi connectivity index (χ1n) is 9.71. The summed E-state index contributed by atoms with van der Waals surface area (Å²) >= 11 is 0. The topological polar surface area (TPSA) is 60.0 Å². The minimum atomic E-state index is 0. The van der Waals surface area contributed by atoms with Crippen LogP contribution < -0.4 is 10.6 Å². The van der Waals surface area contributed by atoms with Crippen LogP contribution in [0.2, 0.25) is 0 Å². The summed E-state index contributed by atoms with van der Waals surface area (Å²) in [4.78, 5) is 20.8. The van der Waals surface area contributed by atoms with E-state index >= 15 is 0 Å². The summed E-state index contributed by atoms with van der Waals surface area (Å²) in [5.74, 6) is 1.19. The van der Waals surface area contributed by atoms with Crippen LogP contribution in [0.25, 0.3) is 0 Å². The van der Waals surface area contributed by atoms with Gasteiger partial charge in [-0.3, -0.25) is 9.79 Å². The van der Waals surface area contributed by atoms with Crippen LogP contribution in [0.5, 0.6) is 0 Å². The summed E-state index contributed by atoms with van der Waals surface area (Å²) in [7, 11) is 1.82. The number of likely N-dealkylation sites (tertiary alicyclic amines) is 2. The van der Waals surface area contributed by atoms with Gasteiger partial charge in [-0.2, -0.15) is 0 Å². The molecule has 6 nitrogen and oxygen atoms in total. The average Bonchev–Trinajstić information content (AvgIpc) is 3.04. The fraction of sp³-hybridized carbons (Fsp3) is 0.889. The van der Waals surface area contributed by atoms with E-state index in [-0.39, 0.29) is 24.0 Å². The van der Waals surface area contributed by atoms with E-state index < -0.39 is 0 Å². The zero-order valence-electron chi connectivity index (χ0n) is 15.9. The summed E-state index contributed by atoms with van der Waals surface area (Å²) in [5.41, 5.74) is 0. The smallest absolute Gasteiger partial charge is 0.222 e. The molecule has 2 saturated heterocycles. The van der Waals surface area contributed by atoms with Crippen molar-refractivity contribution in [3.63, 3.8) is 0 Å². The molecule has 0 saturated carbocycles. The second kappa shape index (κ2) is 12.7. The van der Waals surface area contributed by atoms with Crippen molar-refractivity contribution in [1.29, 1.82) is 0 Å². The quantitative estimate of drug-likeness (QED) is 0.327. The monoisotopic (exact) mass is 465 g/mol. The minimum absolute atomic E-state index is 0. The predicted octanol–water partition coefficient (Wildman–Crippen LogP) is 2.05. The number of hydrogen-bond acceptors (Lipinski definition) is 3. The molecule has 0 aromatic rings. The highest BCUT2D eigenvalue weighted by molar-refractivity contribution is 14.0. The molecule has 0 bridgehead atoms. The van der Waals surface area contributed by atoms with Gasteiger partial charge in [0.05, 0.1) is 0 Å². The van der Waals surface area contributed by atoms with Crippen molar-refractivity contribution in [3.8, 4) is 0 Å². The van der Waals surface area contributed by atoms with Crippen molar-refractivity contribution in [1.82, 2.24) is 20.4 Å². The lowest BCUT2D eigenvalue weighted by Gasteiger charge is -2.28. The normalized spacial score (nSPS) is 20.3. The molecule has 2 aliphatic heterocycles. The van der Waals surface area contributed by atoms with Gasteiger partial charge < -0.3 is 20.4 Å². The second-order valence-electron chi connectivity index (χ2n) is 6.87. The summed E-state index contributed by atoms with van der Waals surface area (Å²) in [6, 6.07) is 0.360. The molecule has 146 valence electrons.